The molecule has 13 heteroatoms. The molecular formula is C22H31BrN4O8. The second kappa shape index (κ2) is 19.8. The van der Waals surface area contributed by atoms with Crippen LogP contribution in [0.3, 0.4) is 0 Å². The van der Waals surface area contributed by atoms with Crippen molar-refractivity contribution in [3.8, 4) is 25.7 Å². The van der Waals surface area contributed by atoms with Crippen molar-refractivity contribution in [2.24, 2.45) is 0 Å². The topological polar surface area (TPSA) is 174 Å². The zero-order chi connectivity index (χ0) is 28.3. The minimum Gasteiger partial charge on any atom is -0.481 e. The number of hydrogen-bond donors (Lipinski definition) is 3. The van der Waals surface area contributed by atoms with Gasteiger partial charge in [0.05, 0.1) is 13.2 Å². The van der Waals surface area contributed by atoms with Gasteiger partial charge in [-0.25, -0.2) is 9.97 Å². The van der Waals surface area contributed by atoms with Crippen LogP contribution in [-0.4, -0.2) is 60.9 Å². The van der Waals surface area contributed by atoms with Crippen LogP contribution in [0.25, 0.3) is 11.2 Å². The summed E-state index contributed by atoms with van der Waals surface area (Å²) in [7, 11) is 1.35. The second-order valence-corrected chi connectivity index (χ2v) is 7.00. The van der Waals surface area contributed by atoms with Gasteiger partial charge in [0, 0.05) is 20.8 Å². The van der Waals surface area contributed by atoms with Gasteiger partial charge >= 0.3 is 5.97 Å². The Kier molecular flexibility index (Phi) is 20.3. The molecule has 3 heterocycles. The SMILES string of the molecule is C#C.C#C.CC(=O)O.CC(=O)O.COC(C)=O.Cc1nc2c(nc(Br)n2[C@H]2CC[C@@H](C)O2)c(=O)[nH]1. The molecule has 1 saturated heterocycles. The molecule has 1 aliphatic rings. The van der Waals surface area contributed by atoms with Gasteiger partial charge in [-0.15, -0.1) is 25.7 Å². The van der Waals surface area contributed by atoms with E-state index in [2.05, 4.69) is 61.3 Å². The fraction of sp³-hybridized carbons (Fsp3) is 0.455. The smallest absolute Gasteiger partial charge is 0.302 e. The predicted octanol–water partition coefficient (Wildman–Crippen LogP) is 2.75. The standard InChI is InChI=1S/C11H13BrN4O2.C3H6O2.2C2H4O2.2C2H2/c1-5-3-4-7(18-5)16-9-8(15-11(16)12)10(17)14-6(2)13-9;1-3(4)5-2;2*1-2(3)4;2*1-2/h5,7H,3-4H2,1-2H3,(H,13,14,17);1-2H3;2*1H3,(H,3,4);2*1-2H/t5-,7-;;;;;/m1...../s1. The van der Waals surface area contributed by atoms with E-state index < -0.39 is 11.9 Å². The van der Waals surface area contributed by atoms with E-state index in [4.69, 9.17) is 24.5 Å². The van der Waals surface area contributed by atoms with E-state index in [9.17, 15) is 9.59 Å². The number of hydrogen-bond acceptors (Lipinski definition) is 8. The van der Waals surface area contributed by atoms with Gasteiger partial charge in [0.1, 0.15) is 12.1 Å². The first kappa shape index (κ1) is 35.9. The largest absolute Gasteiger partial charge is 0.481 e. The second-order valence-electron chi connectivity index (χ2n) is 6.29. The summed E-state index contributed by atoms with van der Waals surface area (Å²) in [5.74, 6) is -1.34. The van der Waals surface area contributed by atoms with E-state index in [1.54, 1.807) is 6.92 Å². The van der Waals surface area contributed by atoms with E-state index in [1.165, 1.54) is 14.0 Å². The van der Waals surface area contributed by atoms with E-state index in [0.29, 0.717) is 21.7 Å². The highest BCUT2D eigenvalue weighted by Crippen LogP contribution is 2.32. The number of imidazole rings is 1. The van der Waals surface area contributed by atoms with Crippen molar-refractivity contribution in [1.29, 1.82) is 0 Å². The monoisotopic (exact) mass is 558 g/mol. The Hall–Kier alpha value is -3.68. The minimum absolute atomic E-state index is 0.104. The molecular weight excluding hydrogens is 528 g/mol. The minimum atomic E-state index is -0.833. The number of nitrogens with one attached hydrogen (secondary N) is 1. The molecule has 0 aromatic carbocycles. The zero-order valence-corrected chi connectivity index (χ0v) is 22.0. The number of aromatic amines is 1. The van der Waals surface area contributed by atoms with Gasteiger partial charge < -0.3 is 24.7 Å². The van der Waals surface area contributed by atoms with Crippen LogP contribution in [0, 0.1) is 32.6 Å². The number of aryl methyl sites for hydroxylation is 1. The first-order chi connectivity index (χ1) is 16.3. The Bertz CT molecular complexity index is 1020. The van der Waals surface area contributed by atoms with Gasteiger partial charge in [0.2, 0.25) is 0 Å². The molecule has 2 aromatic heterocycles. The lowest BCUT2D eigenvalue weighted by Gasteiger charge is -2.14. The van der Waals surface area contributed by atoms with E-state index in [-0.39, 0.29) is 23.9 Å². The number of fused-ring (bicyclic) bond motifs is 1. The van der Waals surface area contributed by atoms with Gasteiger partial charge in [-0.3, -0.25) is 23.7 Å². The molecule has 3 rings (SSSR count). The quantitative estimate of drug-likeness (QED) is 0.268. The fourth-order valence-corrected chi connectivity index (χ4v) is 2.87. The van der Waals surface area contributed by atoms with Crippen molar-refractivity contribution < 1.29 is 34.1 Å². The summed E-state index contributed by atoms with van der Waals surface area (Å²) in [5, 5.41) is 14.8. The van der Waals surface area contributed by atoms with Crippen LogP contribution >= 0.6 is 15.9 Å². The van der Waals surface area contributed by atoms with Crippen LogP contribution in [0.5, 0.6) is 0 Å². The number of nitrogens with zero attached hydrogens (tertiary/aromatic N) is 3. The van der Waals surface area contributed by atoms with Crippen LogP contribution in [0.2, 0.25) is 0 Å². The number of terminal acetylenes is 2. The molecule has 1 fully saturated rings. The molecule has 0 bridgehead atoms. The summed E-state index contributed by atoms with van der Waals surface area (Å²) < 4.78 is 12.4. The molecule has 194 valence electrons. The number of methoxy groups -OCH3 is 1. The number of halogens is 1. The normalized spacial score (nSPS) is 14.8. The zero-order valence-electron chi connectivity index (χ0n) is 20.4. The van der Waals surface area contributed by atoms with Crippen LogP contribution in [-0.2, 0) is 23.9 Å². The highest BCUT2D eigenvalue weighted by atomic mass is 79.9. The molecule has 1 aliphatic heterocycles. The van der Waals surface area contributed by atoms with Crippen LogP contribution < -0.4 is 5.56 Å². The van der Waals surface area contributed by atoms with Gasteiger partial charge in [0.15, 0.2) is 15.9 Å². The number of ether oxygens (including phenoxy) is 2. The summed E-state index contributed by atoms with van der Waals surface area (Å²) >= 11 is 3.38. The molecule has 0 unspecified atom stereocenters. The Balaban J connectivity index is -0.000000500. The summed E-state index contributed by atoms with van der Waals surface area (Å²) in [6.07, 6.45) is 18.0. The number of rotatable bonds is 1. The summed E-state index contributed by atoms with van der Waals surface area (Å²) in [4.78, 5) is 50.6. The molecule has 0 spiro atoms. The highest BCUT2D eigenvalue weighted by molar-refractivity contribution is 9.10. The number of carboxylic acid groups (broad SMARTS) is 2. The summed E-state index contributed by atoms with van der Waals surface area (Å²) in [6.45, 7) is 7.32. The van der Waals surface area contributed by atoms with E-state index in [0.717, 1.165) is 26.7 Å². The number of H-pyrrole nitrogens is 1. The Morgan fingerprint density at radius 3 is 1.86 bits per heavy atom. The number of aromatic nitrogens is 4. The third-order valence-corrected chi connectivity index (χ3v) is 3.97. The number of carbonyl (C=O) groups is 3. The highest BCUT2D eigenvalue weighted by Gasteiger charge is 2.27. The lowest BCUT2D eigenvalue weighted by Crippen LogP contribution is -2.13. The van der Waals surface area contributed by atoms with Gasteiger partial charge in [-0.05, 0) is 42.6 Å². The van der Waals surface area contributed by atoms with Crippen molar-refractivity contribution in [2.45, 2.75) is 59.8 Å². The third-order valence-electron chi connectivity index (χ3n) is 3.41. The van der Waals surface area contributed by atoms with Crippen LogP contribution in [0.15, 0.2) is 9.53 Å². The van der Waals surface area contributed by atoms with Crippen molar-refractivity contribution in [2.75, 3.05) is 7.11 Å². The predicted molar refractivity (Wildman–Crippen MR) is 133 cm³/mol. The lowest BCUT2D eigenvalue weighted by atomic mass is 10.2. The summed E-state index contributed by atoms with van der Waals surface area (Å²) in [5.41, 5.74) is 0.695. The maximum Gasteiger partial charge on any atom is 0.302 e. The third kappa shape index (κ3) is 15.7. The summed E-state index contributed by atoms with van der Waals surface area (Å²) in [6, 6.07) is 0. The van der Waals surface area contributed by atoms with E-state index >= 15 is 0 Å². The molecule has 12 nitrogen and oxygen atoms in total. The molecule has 0 aliphatic carbocycles. The molecule has 0 amide bonds. The van der Waals surface area contributed by atoms with Crippen molar-refractivity contribution in [3.05, 3.63) is 20.9 Å². The van der Waals surface area contributed by atoms with Crippen LogP contribution in [0.1, 0.15) is 52.6 Å². The molecule has 35 heavy (non-hydrogen) atoms. The van der Waals surface area contributed by atoms with Crippen molar-refractivity contribution in [1.82, 2.24) is 19.5 Å². The average molecular weight is 559 g/mol. The number of esters is 1. The van der Waals surface area contributed by atoms with Crippen LogP contribution in [0.4, 0.5) is 0 Å². The Morgan fingerprint density at radius 1 is 1.09 bits per heavy atom. The molecule has 0 saturated carbocycles. The number of carbonyl (C=O) groups excluding carboxylic acids is 1. The van der Waals surface area contributed by atoms with Crippen molar-refractivity contribution >= 4 is 45.0 Å². The Labute approximate surface area is 212 Å². The molecule has 0 radical (unpaired) electrons. The Morgan fingerprint density at radius 2 is 1.51 bits per heavy atom. The average Bonchev–Trinajstić information content (AvgIpc) is 3.33. The van der Waals surface area contributed by atoms with Gasteiger partial charge in [-0.2, -0.15) is 0 Å². The maximum atomic E-state index is 11.8. The lowest BCUT2D eigenvalue weighted by molar-refractivity contribution is -0.138. The van der Waals surface area contributed by atoms with Gasteiger partial charge in [-0.1, -0.05) is 0 Å². The number of aliphatic carboxylic acids is 2. The van der Waals surface area contributed by atoms with Crippen molar-refractivity contribution in [3.63, 3.8) is 0 Å². The van der Waals surface area contributed by atoms with E-state index in [1.807, 2.05) is 11.5 Å². The van der Waals surface area contributed by atoms with Gasteiger partial charge in [0.25, 0.3) is 17.5 Å². The first-order valence-corrected chi connectivity index (χ1v) is 10.5. The molecule has 2 atom stereocenters. The molecule has 2 aromatic rings. The fourth-order valence-electron chi connectivity index (χ4n) is 2.29. The maximum absolute atomic E-state index is 11.8. The molecule has 3 N–H and O–H groups in total. The number of carboxylic acids is 2. The first-order valence-electron chi connectivity index (χ1n) is 9.70.